The number of nitrogens with zero attached hydrogens (tertiary/aromatic N) is 4. The molecule has 2 rings (SSSR count). The van der Waals surface area contributed by atoms with Gasteiger partial charge in [0.1, 0.15) is 28.5 Å². The fraction of sp³-hybridized carbons (Fsp3) is 0.880. The summed E-state index contributed by atoms with van der Waals surface area (Å²) in [6.45, 7) is 14.5. The van der Waals surface area contributed by atoms with Crippen LogP contribution in [0.25, 0.3) is 0 Å². The number of rotatable bonds is 7. The summed E-state index contributed by atoms with van der Waals surface area (Å²) in [6.07, 6.45) is -0.732. The van der Waals surface area contributed by atoms with Gasteiger partial charge in [0.05, 0.1) is 11.8 Å². The van der Waals surface area contributed by atoms with E-state index in [1.807, 2.05) is 13.8 Å². The van der Waals surface area contributed by atoms with Gasteiger partial charge >= 0.3 is 7.60 Å². The van der Waals surface area contributed by atoms with Crippen LogP contribution in [0.3, 0.4) is 0 Å². The van der Waals surface area contributed by atoms with Crippen LogP contribution >= 0.6 is 81.4 Å². The second kappa shape index (κ2) is 29.3. The largest absolute Gasteiger partial charge is 0.400 e. The molecule has 0 aromatic heterocycles. The van der Waals surface area contributed by atoms with Crippen molar-refractivity contribution < 1.29 is 48.2 Å². The molecule has 0 spiro atoms. The predicted molar refractivity (Wildman–Crippen MR) is 219 cm³/mol. The quantitative estimate of drug-likeness (QED) is 0.0376. The number of alkyl halides is 3. The molecule has 0 amide bonds. The average molecular weight is 898 g/mol. The van der Waals surface area contributed by atoms with Crippen molar-refractivity contribution in [2.24, 2.45) is 27.4 Å². The minimum atomic E-state index is -3.09. The number of aliphatic hydroxyl groups is 3. The Labute approximate surface area is 329 Å². The summed E-state index contributed by atoms with van der Waals surface area (Å²) < 4.78 is 47.0. The van der Waals surface area contributed by atoms with Crippen LogP contribution in [0.2, 0.25) is 0 Å². The summed E-state index contributed by atoms with van der Waals surface area (Å²) in [5.74, 6) is 0.660. The predicted octanol–water partition coefficient (Wildman–Crippen LogP) is 5.76. The van der Waals surface area contributed by atoms with Gasteiger partial charge in [-0.25, -0.2) is 14.9 Å². The van der Waals surface area contributed by atoms with Crippen LogP contribution in [0.15, 0.2) is 9.98 Å². The molecule has 2 heterocycles. The molecule has 2 aliphatic rings. The molecule has 2 atom stereocenters. The molecule has 26 heteroatoms. The Balaban J connectivity index is -0.000000123. The number of nitrogens with one attached hydrogen (secondary N) is 1. The summed E-state index contributed by atoms with van der Waals surface area (Å²) >= 11 is 23.5. The van der Waals surface area contributed by atoms with E-state index in [4.69, 9.17) is 79.1 Å². The standard InChI is InChI=1S/C6H14N3O2P.C6H13N2O2PS.C5H14NO3P.C4H10O2.C2H3NS.CHCl3.CH4O.H3N/c1-6(2)8-5(7)9(3)12(6,11)4-10;1-6(2)7-5(12)8(3)11(6,10)4-9;1-5(2,6)10(7,8-3)9-4;1-4(2)3-6-5;1-3-2-4;2-1(3)4;1-2;/h10H,4H2,1-3H3,(H2,7,8);9H,4H2,1-3H3,(H,7,12);6H2,1-4H3;4-5H,3H2,1-2H3;1H3;1H;2H,1H3;1H3. The fourth-order valence-corrected chi connectivity index (χ4v) is 8.79. The Kier molecular flexibility index (Phi) is 36.1. The molecule has 1 fully saturated rings. The molecule has 310 valence electrons. The summed E-state index contributed by atoms with van der Waals surface area (Å²) in [4.78, 5) is 11.1. The van der Waals surface area contributed by atoms with Crippen molar-refractivity contribution in [2.45, 2.75) is 75.5 Å². The van der Waals surface area contributed by atoms with E-state index in [1.165, 1.54) is 23.6 Å². The van der Waals surface area contributed by atoms with E-state index in [-0.39, 0.29) is 24.8 Å². The zero-order valence-corrected chi connectivity index (χ0v) is 38.5. The first-order valence-electron chi connectivity index (χ1n) is 14.1. The van der Waals surface area contributed by atoms with Gasteiger partial charge in [-0.3, -0.25) is 28.3 Å². The van der Waals surface area contributed by atoms with E-state index < -0.39 is 42.3 Å². The number of aliphatic imine (C=N–C) groups is 2. The van der Waals surface area contributed by atoms with Gasteiger partial charge in [-0.05, 0) is 71.9 Å². The molecular formula is C25H62Cl3N8O10P3S2. The van der Waals surface area contributed by atoms with Gasteiger partial charge in [-0.15, -0.1) is 0 Å². The van der Waals surface area contributed by atoms with Gasteiger partial charge in [0.15, 0.2) is 15.4 Å². The van der Waals surface area contributed by atoms with E-state index in [0.717, 1.165) is 7.11 Å². The summed E-state index contributed by atoms with van der Waals surface area (Å²) in [6, 6.07) is 0. The molecule has 0 radical (unpaired) electrons. The lowest BCUT2D eigenvalue weighted by Crippen LogP contribution is -2.34. The Morgan fingerprint density at radius 2 is 1.41 bits per heavy atom. The molecular weight excluding hydrogens is 836 g/mol. The van der Waals surface area contributed by atoms with Crippen LogP contribution in [0.1, 0.15) is 55.4 Å². The summed E-state index contributed by atoms with van der Waals surface area (Å²) in [7, 11) is -0.238. The number of guanidine groups is 1. The van der Waals surface area contributed by atoms with Gasteiger partial charge in [0.2, 0.25) is 14.6 Å². The fourth-order valence-electron chi connectivity index (χ4n) is 3.15. The number of hydrogen-bond donors (Lipinski definition) is 8. The maximum absolute atomic E-state index is 12.1. The maximum atomic E-state index is 12.1. The highest BCUT2D eigenvalue weighted by Crippen LogP contribution is 2.63. The van der Waals surface area contributed by atoms with Gasteiger partial charge in [-0.2, -0.15) is 0 Å². The van der Waals surface area contributed by atoms with Gasteiger partial charge in [0, 0.05) is 42.5 Å². The second-order valence-corrected chi connectivity index (χ2v) is 23.7. The van der Waals surface area contributed by atoms with Crippen LogP contribution in [-0.4, -0.2) is 128 Å². The normalized spacial score (nSPS) is 20.9. The van der Waals surface area contributed by atoms with Crippen molar-refractivity contribution in [2.75, 3.05) is 61.8 Å². The molecule has 12 N–H and O–H groups in total. The third kappa shape index (κ3) is 21.6. The van der Waals surface area contributed by atoms with Gasteiger partial charge in [0.25, 0.3) is 0 Å². The maximum Gasteiger partial charge on any atom is 0.349 e. The summed E-state index contributed by atoms with van der Waals surface area (Å²) in [5.41, 5.74) is 11.0. The molecule has 0 aliphatic carbocycles. The second-order valence-electron chi connectivity index (χ2n) is 11.5. The molecule has 51 heavy (non-hydrogen) atoms. The molecule has 0 saturated carbocycles. The van der Waals surface area contributed by atoms with Crippen LogP contribution in [-0.2, 0) is 27.6 Å². The number of isothiocyanates is 1. The average Bonchev–Trinajstić information content (AvgIpc) is 3.28. The molecule has 18 nitrogen and oxygen atoms in total. The van der Waals surface area contributed by atoms with Crippen molar-refractivity contribution in [3.63, 3.8) is 0 Å². The first-order valence-corrected chi connectivity index (χ1v) is 21.5. The highest BCUT2D eigenvalue weighted by atomic mass is 35.6. The Morgan fingerprint density at radius 3 is 1.49 bits per heavy atom. The Morgan fingerprint density at radius 1 is 1.06 bits per heavy atom. The van der Waals surface area contributed by atoms with Crippen molar-refractivity contribution in [1.82, 2.24) is 20.8 Å². The van der Waals surface area contributed by atoms with Crippen molar-refractivity contribution >= 4 is 97.7 Å². The molecule has 2 aliphatic heterocycles. The van der Waals surface area contributed by atoms with Crippen molar-refractivity contribution in [3.8, 4) is 0 Å². The number of halogens is 3. The topological polar surface area (TPSA) is 290 Å². The van der Waals surface area contributed by atoms with Crippen molar-refractivity contribution in [3.05, 3.63) is 0 Å². The third-order valence-electron chi connectivity index (χ3n) is 6.19. The van der Waals surface area contributed by atoms with Crippen LogP contribution < -0.4 is 22.9 Å². The Bertz CT molecular complexity index is 1190. The van der Waals surface area contributed by atoms with Crippen molar-refractivity contribution in [1.29, 1.82) is 0 Å². The van der Waals surface area contributed by atoms with Crippen LogP contribution in [0.5, 0.6) is 0 Å². The van der Waals surface area contributed by atoms with Crippen LogP contribution in [0.4, 0.5) is 0 Å². The number of aliphatic hydroxyl groups excluding tert-OH is 3. The monoisotopic (exact) mass is 896 g/mol. The highest BCUT2D eigenvalue weighted by Gasteiger charge is 2.51. The van der Waals surface area contributed by atoms with E-state index in [2.05, 4.69) is 46.6 Å². The Hall–Kier alpha value is -0.0400. The van der Waals surface area contributed by atoms with Crippen LogP contribution in [0, 0.1) is 5.92 Å². The molecule has 0 aromatic rings. The van der Waals surface area contributed by atoms with E-state index in [0.29, 0.717) is 17.6 Å². The summed E-state index contributed by atoms with van der Waals surface area (Å²) in [5, 5.41) is 36.0. The lowest BCUT2D eigenvalue weighted by Gasteiger charge is -2.28. The minimum Gasteiger partial charge on any atom is -0.400 e. The zero-order valence-electron chi connectivity index (χ0n) is 32.0. The van der Waals surface area contributed by atoms with E-state index in [9.17, 15) is 13.7 Å². The lowest BCUT2D eigenvalue weighted by atomic mass is 10.2. The molecule has 2 unspecified atom stereocenters. The van der Waals surface area contributed by atoms with Gasteiger partial charge in [-0.1, -0.05) is 48.7 Å². The number of thiocarbonyl (C=S) groups is 2. The first kappa shape index (κ1) is 62.9. The number of nitrogens with two attached hydrogens (primary N) is 2. The number of hydrogen-bond acceptors (Lipinski definition) is 17. The van der Waals surface area contributed by atoms with E-state index >= 15 is 0 Å². The first-order chi connectivity index (χ1) is 22.5. The molecule has 0 aromatic carbocycles. The zero-order chi connectivity index (χ0) is 41.5. The third-order valence-corrected chi connectivity index (χ3v) is 16.0. The molecule has 0 bridgehead atoms. The smallest absolute Gasteiger partial charge is 0.349 e. The molecule has 1 saturated heterocycles. The lowest BCUT2D eigenvalue weighted by molar-refractivity contribution is -0.248. The minimum absolute atomic E-state index is 0. The highest BCUT2D eigenvalue weighted by molar-refractivity contribution is 7.82. The van der Waals surface area contributed by atoms with E-state index in [1.54, 1.807) is 62.7 Å². The van der Waals surface area contributed by atoms with Gasteiger partial charge < -0.3 is 47.3 Å². The SMILES string of the molecule is CC(C)COO.CN1C(=S)NC(C)(C)P1(=O)CO.CN1C(N)=NC(C)(C)P1(=O)CO.CN=C=S.CO.COP(=O)(OC)C(C)(C)N.ClC(Cl)Cl.N.